The number of thioether (sulfide) groups is 1. The summed E-state index contributed by atoms with van der Waals surface area (Å²) < 4.78 is 10.4. The summed E-state index contributed by atoms with van der Waals surface area (Å²) in [5.74, 6) is 1.49. The smallest absolute Gasteiger partial charge is 0.360 e. The minimum absolute atomic E-state index is 0.160. The molecule has 0 radical (unpaired) electrons. The summed E-state index contributed by atoms with van der Waals surface area (Å²) in [5.41, 5.74) is 2.75. The quantitative estimate of drug-likeness (QED) is 0.245. The molecule has 0 spiro atoms. The Labute approximate surface area is 181 Å². The summed E-state index contributed by atoms with van der Waals surface area (Å²) in [5, 5.41) is 4.99. The van der Waals surface area contributed by atoms with Crippen LogP contribution in [0.5, 0.6) is 5.75 Å². The van der Waals surface area contributed by atoms with Gasteiger partial charge in [0.1, 0.15) is 12.9 Å². The van der Waals surface area contributed by atoms with Gasteiger partial charge in [-0.2, -0.15) is 0 Å². The number of ether oxygens (including phenoxy) is 2. The van der Waals surface area contributed by atoms with E-state index in [0.717, 1.165) is 34.9 Å². The van der Waals surface area contributed by atoms with Gasteiger partial charge >= 0.3 is 5.97 Å². The van der Waals surface area contributed by atoms with Gasteiger partial charge < -0.3 is 14.3 Å². The van der Waals surface area contributed by atoms with Crippen LogP contribution in [0.25, 0.3) is 0 Å². The molecule has 0 heterocycles. The third-order valence-electron chi connectivity index (χ3n) is 4.52. The van der Waals surface area contributed by atoms with Crippen molar-refractivity contribution < 1.29 is 19.1 Å². The van der Waals surface area contributed by atoms with E-state index in [1.807, 2.05) is 55.5 Å². The molecule has 0 aromatic heterocycles. The molecule has 0 unspecified atom stereocenters. The molecular formula is C23H26N2O4S. The average Bonchev–Trinajstić information content (AvgIpc) is 3.61. The third-order valence-corrected chi connectivity index (χ3v) is 5.70. The Balaban J connectivity index is 1.79. The van der Waals surface area contributed by atoms with E-state index in [2.05, 4.69) is 5.16 Å². The number of nitrogens with zero attached hydrogens (tertiary/aromatic N) is 2. The maximum absolute atomic E-state index is 12.2. The van der Waals surface area contributed by atoms with Crippen LogP contribution < -0.4 is 4.74 Å². The first-order valence-corrected chi connectivity index (χ1v) is 10.9. The molecule has 0 saturated heterocycles. The molecule has 30 heavy (non-hydrogen) atoms. The fraction of sp³-hybridized carbons (Fsp3) is 0.348. The van der Waals surface area contributed by atoms with Crippen molar-refractivity contribution in [3.05, 3.63) is 59.7 Å². The van der Waals surface area contributed by atoms with Crippen LogP contribution in [0.4, 0.5) is 5.69 Å². The molecule has 158 valence electrons. The molecule has 3 rings (SSSR count). The van der Waals surface area contributed by atoms with Crippen molar-refractivity contribution in [3.8, 4) is 5.75 Å². The van der Waals surface area contributed by atoms with E-state index in [9.17, 15) is 4.79 Å². The lowest BCUT2D eigenvalue weighted by Gasteiger charge is -2.11. The maximum Gasteiger partial charge on any atom is 0.360 e. The molecule has 6 nitrogen and oxygen atoms in total. The van der Waals surface area contributed by atoms with Crippen molar-refractivity contribution in [1.82, 2.24) is 0 Å². The van der Waals surface area contributed by atoms with Gasteiger partial charge in [0.2, 0.25) is 0 Å². The Morgan fingerprint density at radius 1 is 1.10 bits per heavy atom. The van der Waals surface area contributed by atoms with Crippen LogP contribution in [0.1, 0.15) is 30.9 Å². The van der Waals surface area contributed by atoms with E-state index in [-0.39, 0.29) is 5.71 Å². The van der Waals surface area contributed by atoms with Crippen molar-refractivity contribution in [2.24, 2.45) is 16.1 Å². The lowest BCUT2D eigenvalue weighted by atomic mass is 10.0. The van der Waals surface area contributed by atoms with Crippen molar-refractivity contribution in [2.45, 2.75) is 25.5 Å². The molecule has 1 aliphatic rings. The molecular weight excluding hydrogens is 400 g/mol. The summed E-state index contributed by atoms with van der Waals surface area (Å²) in [6, 6.07) is 15.5. The van der Waals surface area contributed by atoms with Gasteiger partial charge in [-0.15, -0.1) is 11.8 Å². The number of carbonyl (C=O) groups excluding carboxylic acids is 1. The van der Waals surface area contributed by atoms with Gasteiger partial charge in [-0.05, 0) is 49.6 Å². The largest absolute Gasteiger partial charge is 0.494 e. The average molecular weight is 427 g/mol. The van der Waals surface area contributed by atoms with E-state index in [4.69, 9.17) is 19.3 Å². The summed E-state index contributed by atoms with van der Waals surface area (Å²) >= 11 is 1.69. The van der Waals surface area contributed by atoms with Crippen molar-refractivity contribution in [2.75, 3.05) is 20.8 Å². The number of esters is 1. The van der Waals surface area contributed by atoms with Crippen molar-refractivity contribution in [3.63, 3.8) is 0 Å². The normalized spacial score (nSPS) is 14.4. The van der Waals surface area contributed by atoms with Gasteiger partial charge in [0.25, 0.3) is 0 Å². The predicted octanol–water partition coefficient (Wildman–Crippen LogP) is 4.98. The molecule has 0 atom stereocenters. The minimum atomic E-state index is -0.528. The van der Waals surface area contributed by atoms with E-state index >= 15 is 0 Å². The van der Waals surface area contributed by atoms with Gasteiger partial charge in [-0.3, -0.25) is 0 Å². The Kier molecular flexibility index (Phi) is 7.90. The summed E-state index contributed by atoms with van der Waals surface area (Å²) in [4.78, 5) is 21.9. The molecule has 0 bridgehead atoms. The number of hydrogen-bond acceptors (Lipinski definition) is 7. The second-order valence-electron chi connectivity index (χ2n) is 6.71. The zero-order valence-electron chi connectivity index (χ0n) is 17.5. The van der Waals surface area contributed by atoms with Gasteiger partial charge in [0.05, 0.1) is 24.4 Å². The standard InChI is InChI=1S/C23H26N2O4S/c1-4-29-19-13-11-18(12-14-19)24-22(16-9-10-16)30-15-17-7-5-6-8-20(17)21(25-28-3)23(26)27-2/h5-8,11-14,16H,4,9-10,15H2,1-3H3. The Bertz CT molecular complexity index is 921. The molecule has 0 N–H and O–H groups in total. The summed E-state index contributed by atoms with van der Waals surface area (Å²) in [6.07, 6.45) is 2.31. The molecule has 2 aromatic rings. The van der Waals surface area contributed by atoms with Gasteiger partial charge in [0, 0.05) is 17.2 Å². The number of aliphatic imine (C=N–C) groups is 1. The van der Waals surface area contributed by atoms with Gasteiger partial charge in [0.15, 0.2) is 5.71 Å². The van der Waals surface area contributed by atoms with Gasteiger partial charge in [-0.1, -0.05) is 29.4 Å². The van der Waals surface area contributed by atoms with Crippen LogP contribution in [0.15, 0.2) is 58.7 Å². The highest BCUT2D eigenvalue weighted by Gasteiger charge is 2.28. The van der Waals surface area contributed by atoms with Crippen LogP contribution in [-0.4, -0.2) is 37.6 Å². The summed E-state index contributed by atoms with van der Waals surface area (Å²) in [6.45, 7) is 2.61. The SMILES string of the molecule is CCOc1ccc(N=C(SCc2ccccc2C(=NOC)C(=O)OC)C2CC2)cc1. The predicted molar refractivity (Wildman–Crippen MR) is 121 cm³/mol. The molecule has 2 aromatic carbocycles. The topological polar surface area (TPSA) is 69.5 Å². The number of oxime groups is 1. The molecule has 0 amide bonds. The second-order valence-corrected chi connectivity index (χ2v) is 7.71. The maximum atomic E-state index is 12.2. The zero-order chi connectivity index (χ0) is 21.3. The van der Waals surface area contributed by atoms with E-state index < -0.39 is 5.97 Å². The molecule has 1 saturated carbocycles. The number of methoxy groups -OCH3 is 1. The van der Waals surface area contributed by atoms with Crippen LogP contribution in [0, 0.1) is 5.92 Å². The fourth-order valence-electron chi connectivity index (χ4n) is 2.90. The number of benzene rings is 2. The summed E-state index contributed by atoms with van der Waals surface area (Å²) in [7, 11) is 2.74. The number of hydrogen-bond donors (Lipinski definition) is 0. The van der Waals surface area contributed by atoms with Crippen molar-refractivity contribution in [1.29, 1.82) is 0 Å². The lowest BCUT2D eigenvalue weighted by Crippen LogP contribution is -2.19. The zero-order valence-corrected chi connectivity index (χ0v) is 18.3. The van der Waals surface area contributed by atoms with Crippen molar-refractivity contribution >= 4 is 34.2 Å². The van der Waals surface area contributed by atoms with Crippen LogP contribution in [0.3, 0.4) is 0 Å². The lowest BCUT2D eigenvalue weighted by molar-refractivity contribution is -0.132. The first kappa shape index (κ1) is 21.9. The minimum Gasteiger partial charge on any atom is -0.494 e. The Morgan fingerprint density at radius 3 is 2.47 bits per heavy atom. The monoisotopic (exact) mass is 426 g/mol. The third kappa shape index (κ3) is 5.86. The highest BCUT2D eigenvalue weighted by molar-refractivity contribution is 8.13. The first-order chi connectivity index (χ1) is 14.7. The van der Waals surface area contributed by atoms with E-state index in [1.165, 1.54) is 14.2 Å². The van der Waals surface area contributed by atoms with Gasteiger partial charge in [-0.25, -0.2) is 9.79 Å². The first-order valence-electron chi connectivity index (χ1n) is 9.88. The second kappa shape index (κ2) is 10.8. The molecule has 1 aliphatic carbocycles. The number of rotatable bonds is 9. The Morgan fingerprint density at radius 2 is 1.83 bits per heavy atom. The Hall–Kier alpha value is -2.80. The van der Waals surface area contributed by atoms with Crippen LogP contribution in [-0.2, 0) is 20.1 Å². The van der Waals surface area contributed by atoms with Crippen LogP contribution >= 0.6 is 11.8 Å². The van der Waals surface area contributed by atoms with E-state index in [1.54, 1.807) is 11.8 Å². The van der Waals surface area contributed by atoms with Crippen LogP contribution in [0.2, 0.25) is 0 Å². The molecule has 0 aliphatic heterocycles. The molecule has 1 fully saturated rings. The highest BCUT2D eigenvalue weighted by atomic mass is 32.2. The number of carbonyl (C=O) groups is 1. The molecule has 7 heteroatoms. The van der Waals surface area contributed by atoms with E-state index in [0.29, 0.717) is 23.8 Å². The fourth-order valence-corrected chi connectivity index (χ4v) is 4.09. The highest BCUT2D eigenvalue weighted by Crippen LogP contribution is 2.38.